The first-order chi connectivity index (χ1) is 13.0. The van der Waals surface area contributed by atoms with E-state index in [1.165, 1.54) is 18.4 Å². The average molecular weight is 381 g/mol. The van der Waals surface area contributed by atoms with Crippen LogP contribution in [0.3, 0.4) is 0 Å². The molecule has 27 heavy (non-hydrogen) atoms. The maximum absolute atomic E-state index is 12.0. The van der Waals surface area contributed by atoms with Gasteiger partial charge in [0.25, 0.3) is 0 Å². The summed E-state index contributed by atoms with van der Waals surface area (Å²) >= 11 is 1.33. The van der Waals surface area contributed by atoms with E-state index >= 15 is 0 Å². The Morgan fingerprint density at radius 1 is 1.22 bits per heavy atom. The van der Waals surface area contributed by atoms with Crippen molar-refractivity contribution in [2.45, 2.75) is 27.3 Å². The molecule has 0 aliphatic heterocycles. The predicted octanol–water partition coefficient (Wildman–Crippen LogP) is 3.66. The zero-order valence-electron chi connectivity index (χ0n) is 15.5. The number of imidazole rings is 1. The highest BCUT2D eigenvalue weighted by Gasteiger charge is 2.20. The van der Waals surface area contributed by atoms with Gasteiger partial charge in [0.05, 0.1) is 24.7 Å². The van der Waals surface area contributed by atoms with Crippen molar-refractivity contribution < 1.29 is 9.53 Å². The van der Waals surface area contributed by atoms with Crippen LogP contribution in [0.5, 0.6) is 0 Å². The minimum atomic E-state index is -0.352. The summed E-state index contributed by atoms with van der Waals surface area (Å²) in [6.45, 7) is 6.30. The molecule has 0 atom stereocenters. The number of pyridine rings is 1. The second kappa shape index (κ2) is 6.62. The van der Waals surface area contributed by atoms with Gasteiger partial charge in [-0.2, -0.15) is 0 Å². The quantitative estimate of drug-likeness (QED) is 0.543. The van der Waals surface area contributed by atoms with Crippen molar-refractivity contribution in [1.29, 1.82) is 0 Å². The van der Waals surface area contributed by atoms with Crippen molar-refractivity contribution >= 4 is 39.0 Å². The maximum Gasteiger partial charge on any atom is 0.348 e. The van der Waals surface area contributed by atoms with Crippen LogP contribution < -0.4 is 5.32 Å². The number of hydrogen-bond acceptors (Lipinski definition) is 7. The van der Waals surface area contributed by atoms with Crippen molar-refractivity contribution in [3.8, 4) is 0 Å². The summed E-state index contributed by atoms with van der Waals surface area (Å²) in [4.78, 5) is 27.0. The normalized spacial score (nSPS) is 11.3. The third kappa shape index (κ3) is 3.02. The van der Waals surface area contributed by atoms with Crippen molar-refractivity contribution in [2.24, 2.45) is 0 Å². The van der Waals surface area contributed by atoms with Crippen LogP contribution in [0.15, 0.2) is 24.4 Å². The molecule has 138 valence electrons. The maximum atomic E-state index is 12.0. The number of anilines is 1. The molecule has 7 nitrogen and oxygen atoms in total. The number of methoxy groups -OCH3 is 1. The van der Waals surface area contributed by atoms with Gasteiger partial charge in [-0.15, -0.1) is 11.3 Å². The number of fused-ring (bicyclic) bond motifs is 2. The largest absolute Gasteiger partial charge is 0.465 e. The van der Waals surface area contributed by atoms with E-state index < -0.39 is 0 Å². The van der Waals surface area contributed by atoms with Gasteiger partial charge < -0.3 is 14.5 Å². The number of thiophene rings is 1. The zero-order chi connectivity index (χ0) is 19.1. The Morgan fingerprint density at radius 2 is 2.04 bits per heavy atom. The first-order valence-electron chi connectivity index (χ1n) is 8.51. The van der Waals surface area contributed by atoms with E-state index in [0.29, 0.717) is 23.1 Å². The van der Waals surface area contributed by atoms with Crippen LogP contribution in [-0.2, 0) is 11.3 Å². The Labute approximate surface area is 160 Å². The molecule has 4 heterocycles. The first kappa shape index (κ1) is 17.4. The molecular weight excluding hydrogens is 362 g/mol. The molecule has 4 aromatic heterocycles. The van der Waals surface area contributed by atoms with Gasteiger partial charge >= 0.3 is 5.97 Å². The average Bonchev–Trinajstić information content (AvgIpc) is 3.21. The summed E-state index contributed by atoms with van der Waals surface area (Å²) in [6, 6.07) is 6.02. The van der Waals surface area contributed by atoms with Gasteiger partial charge in [0, 0.05) is 11.9 Å². The summed E-state index contributed by atoms with van der Waals surface area (Å²) in [5, 5.41) is 4.22. The van der Waals surface area contributed by atoms with E-state index in [-0.39, 0.29) is 5.97 Å². The summed E-state index contributed by atoms with van der Waals surface area (Å²) in [6.07, 6.45) is 2.02. The molecule has 4 rings (SSSR count). The molecule has 8 heteroatoms. The van der Waals surface area contributed by atoms with E-state index in [0.717, 1.165) is 32.8 Å². The fourth-order valence-electron chi connectivity index (χ4n) is 3.12. The minimum Gasteiger partial charge on any atom is -0.465 e. The van der Waals surface area contributed by atoms with Crippen molar-refractivity contribution in [3.05, 3.63) is 52.0 Å². The van der Waals surface area contributed by atoms with Gasteiger partial charge in [-0.3, -0.25) is 0 Å². The van der Waals surface area contributed by atoms with Crippen LogP contribution in [0.1, 0.15) is 32.4 Å². The molecule has 0 amide bonds. The number of hydrogen-bond donors (Lipinski definition) is 1. The van der Waals surface area contributed by atoms with E-state index in [4.69, 9.17) is 4.74 Å². The predicted molar refractivity (Wildman–Crippen MR) is 105 cm³/mol. The monoisotopic (exact) mass is 381 g/mol. The van der Waals surface area contributed by atoms with Crippen LogP contribution in [-0.4, -0.2) is 32.4 Å². The number of carbonyl (C=O) groups is 1. The van der Waals surface area contributed by atoms with Gasteiger partial charge in [-0.1, -0.05) is 6.07 Å². The summed E-state index contributed by atoms with van der Waals surface area (Å²) in [7, 11) is 1.38. The van der Waals surface area contributed by atoms with Gasteiger partial charge in [-0.05, 0) is 38.5 Å². The summed E-state index contributed by atoms with van der Waals surface area (Å²) in [5.41, 5.74) is 3.78. The van der Waals surface area contributed by atoms with Crippen molar-refractivity contribution in [1.82, 2.24) is 19.4 Å². The van der Waals surface area contributed by atoms with E-state index in [2.05, 4.69) is 24.7 Å². The van der Waals surface area contributed by atoms with E-state index in [1.807, 2.05) is 45.2 Å². The number of nitrogens with one attached hydrogen (secondary N) is 1. The molecule has 0 radical (unpaired) electrons. The third-order valence-corrected chi connectivity index (χ3v) is 5.62. The lowest BCUT2D eigenvalue weighted by Crippen LogP contribution is -2.05. The van der Waals surface area contributed by atoms with Gasteiger partial charge in [0.2, 0.25) is 0 Å². The Morgan fingerprint density at radius 3 is 2.78 bits per heavy atom. The number of carbonyl (C=O) groups excluding carboxylic acids is 1. The van der Waals surface area contributed by atoms with Crippen LogP contribution >= 0.6 is 11.3 Å². The number of aromatic nitrogens is 4. The Kier molecular flexibility index (Phi) is 4.27. The Balaban J connectivity index is 1.71. The second-order valence-electron chi connectivity index (χ2n) is 6.33. The molecule has 0 saturated carbocycles. The standard InChI is InChI=1S/C19H19N5O2S/c1-10-6-5-7-14-23-13(9-24(10)14)8-20-17-15-11(2)16(19(25)26-4)27-18(15)22-12(3)21-17/h5-7,9H,8H2,1-4H3,(H,20,21,22). The highest BCUT2D eigenvalue weighted by Crippen LogP contribution is 2.34. The fraction of sp³-hybridized carbons (Fsp3) is 0.263. The van der Waals surface area contributed by atoms with Crippen LogP contribution in [0, 0.1) is 20.8 Å². The minimum absolute atomic E-state index is 0.352. The highest BCUT2D eigenvalue weighted by molar-refractivity contribution is 7.20. The number of ether oxygens (including phenoxy) is 1. The van der Waals surface area contributed by atoms with Gasteiger partial charge in [0.1, 0.15) is 27.0 Å². The summed E-state index contributed by atoms with van der Waals surface area (Å²) < 4.78 is 6.94. The molecule has 1 N–H and O–H groups in total. The smallest absolute Gasteiger partial charge is 0.348 e. The lowest BCUT2D eigenvalue weighted by molar-refractivity contribution is 0.0605. The van der Waals surface area contributed by atoms with Crippen molar-refractivity contribution in [3.63, 3.8) is 0 Å². The lowest BCUT2D eigenvalue weighted by Gasteiger charge is -2.07. The second-order valence-corrected chi connectivity index (χ2v) is 7.33. The first-order valence-corrected chi connectivity index (χ1v) is 9.33. The number of esters is 1. The van der Waals surface area contributed by atoms with Gasteiger partial charge in [-0.25, -0.2) is 19.7 Å². The van der Waals surface area contributed by atoms with Crippen LogP contribution in [0.4, 0.5) is 5.82 Å². The SMILES string of the molecule is COC(=O)c1sc2nc(C)nc(NCc3cn4c(C)cccc4n3)c2c1C. The fourth-order valence-corrected chi connectivity index (χ4v) is 4.26. The molecule has 0 aliphatic carbocycles. The number of aryl methyl sites for hydroxylation is 3. The van der Waals surface area contributed by atoms with E-state index in [9.17, 15) is 4.79 Å². The molecule has 0 aromatic carbocycles. The summed E-state index contributed by atoms with van der Waals surface area (Å²) in [5.74, 6) is 0.999. The van der Waals surface area contributed by atoms with Crippen LogP contribution in [0.2, 0.25) is 0 Å². The number of rotatable bonds is 4. The lowest BCUT2D eigenvalue weighted by atomic mass is 10.2. The van der Waals surface area contributed by atoms with Gasteiger partial charge in [0.15, 0.2) is 0 Å². The molecule has 0 bridgehead atoms. The number of nitrogens with zero attached hydrogens (tertiary/aromatic N) is 4. The Bertz CT molecular complexity index is 1180. The topological polar surface area (TPSA) is 81.4 Å². The van der Waals surface area contributed by atoms with Crippen molar-refractivity contribution in [2.75, 3.05) is 12.4 Å². The molecule has 0 aliphatic rings. The van der Waals surface area contributed by atoms with Crippen LogP contribution in [0.25, 0.3) is 15.9 Å². The highest BCUT2D eigenvalue weighted by atomic mass is 32.1. The molecule has 0 fully saturated rings. The molecule has 0 saturated heterocycles. The Hall–Kier alpha value is -3.00. The molecular formula is C19H19N5O2S. The molecule has 0 spiro atoms. The van der Waals surface area contributed by atoms with E-state index in [1.54, 1.807) is 0 Å². The third-order valence-electron chi connectivity index (χ3n) is 4.46. The molecule has 4 aromatic rings. The zero-order valence-corrected chi connectivity index (χ0v) is 16.3. The molecule has 0 unspecified atom stereocenters.